The summed E-state index contributed by atoms with van der Waals surface area (Å²) in [7, 11) is 0.202. The van der Waals surface area contributed by atoms with Gasteiger partial charge in [-0.2, -0.15) is 12.7 Å². The lowest BCUT2D eigenvalue weighted by Gasteiger charge is -2.17. The van der Waals surface area contributed by atoms with Gasteiger partial charge in [-0.05, 0) is 26.4 Å². The first-order valence-corrected chi connectivity index (χ1v) is 7.34. The second-order valence-electron chi connectivity index (χ2n) is 3.89. The fraction of sp³-hybridized carbons (Fsp3) is 1.00. The number of rotatable bonds is 10. The van der Waals surface area contributed by atoms with Crippen LogP contribution in [-0.4, -0.2) is 46.5 Å². The van der Waals surface area contributed by atoms with E-state index >= 15 is 0 Å². The van der Waals surface area contributed by atoms with Gasteiger partial charge in [0, 0.05) is 20.1 Å². The lowest BCUT2D eigenvalue weighted by Crippen LogP contribution is -2.39. The Labute approximate surface area is 99.8 Å². The highest BCUT2D eigenvalue weighted by Crippen LogP contribution is 1.97. The molecule has 0 heterocycles. The van der Waals surface area contributed by atoms with Gasteiger partial charge in [0.25, 0.3) is 10.2 Å². The van der Waals surface area contributed by atoms with Crippen LogP contribution in [0.15, 0.2) is 0 Å². The summed E-state index contributed by atoms with van der Waals surface area (Å²) in [5, 5.41) is 2.99. The lowest BCUT2D eigenvalue weighted by molar-refractivity contribution is 0.447. The third kappa shape index (κ3) is 7.16. The maximum Gasteiger partial charge on any atom is 0.279 e. The standard InChI is InChI=1S/C10H25N3O2S/c1-4-5-6-9-12-16(14,15)13(3)10-7-8-11-2/h11-12H,4-10H2,1-3H3. The molecule has 0 atom stereocenters. The molecular weight excluding hydrogens is 226 g/mol. The Morgan fingerprint density at radius 3 is 2.38 bits per heavy atom. The van der Waals surface area contributed by atoms with Gasteiger partial charge >= 0.3 is 0 Å². The van der Waals surface area contributed by atoms with Crippen molar-refractivity contribution in [2.24, 2.45) is 0 Å². The molecule has 0 aromatic heterocycles. The Bertz CT molecular complexity index is 255. The van der Waals surface area contributed by atoms with Crippen LogP contribution in [0.5, 0.6) is 0 Å². The van der Waals surface area contributed by atoms with Gasteiger partial charge in [-0.1, -0.05) is 19.8 Å². The van der Waals surface area contributed by atoms with Crippen LogP contribution in [0.3, 0.4) is 0 Å². The van der Waals surface area contributed by atoms with Crippen molar-refractivity contribution in [2.75, 3.05) is 33.7 Å². The topological polar surface area (TPSA) is 61.4 Å². The highest BCUT2D eigenvalue weighted by atomic mass is 32.2. The molecule has 6 heteroatoms. The molecule has 0 amide bonds. The van der Waals surface area contributed by atoms with Crippen LogP contribution in [-0.2, 0) is 10.2 Å². The van der Waals surface area contributed by atoms with Crippen LogP contribution < -0.4 is 10.0 Å². The van der Waals surface area contributed by atoms with E-state index in [-0.39, 0.29) is 0 Å². The largest absolute Gasteiger partial charge is 0.320 e. The van der Waals surface area contributed by atoms with E-state index in [0.29, 0.717) is 13.1 Å². The van der Waals surface area contributed by atoms with Crippen molar-refractivity contribution in [3.05, 3.63) is 0 Å². The molecule has 0 fully saturated rings. The van der Waals surface area contributed by atoms with Crippen LogP contribution in [0.25, 0.3) is 0 Å². The molecule has 0 bridgehead atoms. The maximum atomic E-state index is 11.7. The van der Waals surface area contributed by atoms with Gasteiger partial charge in [0.05, 0.1) is 0 Å². The molecule has 0 radical (unpaired) electrons. The van der Waals surface area contributed by atoms with Crippen molar-refractivity contribution >= 4 is 10.2 Å². The van der Waals surface area contributed by atoms with Gasteiger partial charge in [-0.25, -0.2) is 4.72 Å². The summed E-state index contributed by atoms with van der Waals surface area (Å²) in [6, 6.07) is 0. The minimum Gasteiger partial charge on any atom is -0.320 e. The normalized spacial score (nSPS) is 12.2. The summed E-state index contributed by atoms with van der Waals surface area (Å²) in [6.45, 7) is 4.00. The molecule has 0 spiro atoms. The van der Waals surface area contributed by atoms with Crippen LogP contribution in [0.4, 0.5) is 0 Å². The van der Waals surface area contributed by atoms with Crippen molar-refractivity contribution < 1.29 is 8.42 Å². The number of hydrogen-bond acceptors (Lipinski definition) is 3. The second-order valence-corrected chi connectivity index (χ2v) is 5.75. The molecule has 0 aliphatic heterocycles. The van der Waals surface area contributed by atoms with Gasteiger partial charge < -0.3 is 5.32 Å². The summed E-state index contributed by atoms with van der Waals surface area (Å²) in [4.78, 5) is 0. The summed E-state index contributed by atoms with van der Waals surface area (Å²) < 4.78 is 27.3. The van der Waals surface area contributed by atoms with Crippen molar-refractivity contribution in [1.29, 1.82) is 0 Å². The fourth-order valence-electron chi connectivity index (χ4n) is 1.29. The molecule has 98 valence electrons. The van der Waals surface area contributed by atoms with Crippen molar-refractivity contribution in [1.82, 2.24) is 14.3 Å². The second kappa shape index (κ2) is 8.92. The molecule has 0 aliphatic rings. The van der Waals surface area contributed by atoms with Gasteiger partial charge in [-0.3, -0.25) is 0 Å². The Kier molecular flexibility index (Phi) is 8.83. The molecule has 0 unspecified atom stereocenters. The molecular formula is C10H25N3O2S. The summed E-state index contributed by atoms with van der Waals surface area (Å²) >= 11 is 0. The Morgan fingerprint density at radius 1 is 1.12 bits per heavy atom. The van der Waals surface area contributed by atoms with E-state index in [0.717, 1.165) is 32.2 Å². The fourth-order valence-corrected chi connectivity index (χ4v) is 2.28. The SMILES string of the molecule is CCCCCNS(=O)(=O)N(C)CCCNC. The molecule has 0 aromatic rings. The van der Waals surface area contributed by atoms with Gasteiger partial charge in [0.1, 0.15) is 0 Å². The molecule has 0 aliphatic carbocycles. The Balaban J connectivity index is 3.82. The van der Waals surface area contributed by atoms with Gasteiger partial charge in [0.2, 0.25) is 0 Å². The molecule has 0 saturated carbocycles. The number of nitrogens with one attached hydrogen (secondary N) is 2. The monoisotopic (exact) mass is 251 g/mol. The maximum absolute atomic E-state index is 11.7. The van der Waals surface area contributed by atoms with Crippen LogP contribution >= 0.6 is 0 Å². The number of unbranched alkanes of at least 4 members (excludes halogenated alkanes) is 2. The zero-order valence-electron chi connectivity index (χ0n) is 10.6. The zero-order valence-corrected chi connectivity index (χ0v) is 11.4. The third-order valence-corrected chi connectivity index (χ3v) is 3.95. The van der Waals surface area contributed by atoms with Crippen LogP contribution in [0.1, 0.15) is 32.6 Å². The Hall–Kier alpha value is -0.170. The highest BCUT2D eigenvalue weighted by Gasteiger charge is 2.15. The first-order valence-electron chi connectivity index (χ1n) is 5.90. The Morgan fingerprint density at radius 2 is 1.81 bits per heavy atom. The molecule has 0 rings (SSSR count). The minimum absolute atomic E-state index is 0.534. The summed E-state index contributed by atoms with van der Waals surface area (Å²) in [6.07, 6.45) is 3.88. The predicted molar refractivity (Wildman–Crippen MR) is 67.6 cm³/mol. The highest BCUT2D eigenvalue weighted by molar-refractivity contribution is 7.87. The number of nitrogens with zero attached hydrogens (tertiary/aromatic N) is 1. The van der Waals surface area contributed by atoms with Crippen molar-refractivity contribution in [3.63, 3.8) is 0 Å². The predicted octanol–water partition coefficient (Wildman–Crippen LogP) is 0.552. The first kappa shape index (κ1) is 15.8. The molecule has 0 saturated heterocycles. The van der Waals surface area contributed by atoms with E-state index in [4.69, 9.17) is 0 Å². The summed E-state index contributed by atoms with van der Waals surface area (Å²) in [5.74, 6) is 0. The van der Waals surface area contributed by atoms with E-state index in [1.807, 2.05) is 7.05 Å². The smallest absolute Gasteiger partial charge is 0.279 e. The average Bonchev–Trinajstić information content (AvgIpc) is 2.24. The quantitative estimate of drug-likeness (QED) is 0.558. The first-order chi connectivity index (χ1) is 7.54. The van der Waals surface area contributed by atoms with E-state index in [1.54, 1.807) is 7.05 Å². The third-order valence-electron chi connectivity index (χ3n) is 2.37. The van der Waals surface area contributed by atoms with E-state index in [1.165, 1.54) is 4.31 Å². The zero-order chi connectivity index (χ0) is 12.4. The van der Waals surface area contributed by atoms with Gasteiger partial charge in [-0.15, -0.1) is 0 Å². The van der Waals surface area contributed by atoms with Crippen molar-refractivity contribution in [3.8, 4) is 0 Å². The lowest BCUT2D eigenvalue weighted by atomic mass is 10.3. The van der Waals surface area contributed by atoms with Crippen LogP contribution in [0, 0.1) is 0 Å². The van der Waals surface area contributed by atoms with Gasteiger partial charge in [0.15, 0.2) is 0 Å². The minimum atomic E-state index is -3.27. The molecule has 2 N–H and O–H groups in total. The van der Waals surface area contributed by atoms with Crippen LogP contribution in [0.2, 0.25) is 0 Å². The van der Waals surface area contributed by atoms with E-state index in [9.17, 15) is 8.42 Å². The number of hydrogen-bond donors (Lipinski definition) is 2. The molecule has 5 nitrogen and oxygen atoms in total. The van der Waals surface area contributed by atoms with E-state index in [2.05, 4.69) is 17.0 Å². The molecule has 0 aromatic carbocycles. The van der Waals surface area contributed by atoms with E-state index < -0.39 is 10.2 Å². The molecule has 16 heavy (non-hydrogen) atoms. The van der Waals surface area contributed by atoms with Crippen molar-refractivity contribution in [2.45, 2.75) is 32.6 Å². The average molecular weight is 251 g/mol. The summed E-state index contributed by atoms with van der Waals surface area (Å²) in [5.41, 5.74) is 0.